The van der Waals surface area contributed by atoms with Crippen molar-refractivity contribution in [3.63, 3.8) is 0 Å². The molecule has 0 aromatic heterocycles. The first-order chi connectivity index (χ1) is 7.10. The maximum atomic E-state index is 8.26. The Morgan fingerprint density at radius 3 is 2.87 bits per heavy atom. The van der Waals surface area contributed by atoms with Gasteiger partial charge in [0.25, 0.3) is 0 Å². The fourth-order valence-corrected chi connectivity index (χ4v) is 2.62. The fraction of sp³-hybridized carbons (Fsp3) is 1.00. The molecule has 0 radical (unpaired) electrons. The summed E-state index contributed by atoms with van der Waals surface area (Å²) in [6.45, 7) is 5.36. The van der Waals surface area contributed by atoms with Gasteiger partial charge in [-0.2, -0.15) is 0 Å². The van der Waals surface area contributed by atoms with Crippen molar-refractivity contribution >= 4 is 0 Å². The lowest BCUT2D eigenvalue weighted by Gasteiger charge is -2.36. The van der Waals surface area contributed by atoms with E-state index in [1.54, 1.807) is 0 Å². The number of hydrogen-bond donors (Lipinski definition) is 0. The summed E-state index contributed by atoms with van der Waals surface area (Å²) in [5, 5.41) is 3.57. The second-order valence-electron chi connectivity index (χ2n) is 4.80. The monoisotopic (exact) mass is 211 g/mol. The van der Waals surface area contributed by atoms with Crippen LogP contribution in [0.3, 0.4) is 0 Å². The molecular weight excluding hydrogens is 194 g/mol. The molecule has 2 aliphatic heterocycles. The first-order valence-electron chi connectivity index (χ1n) is 5.42. The van der Waals surface area contributed by atoms with Gasteiger partial charge in [0.1, 0.15) is 0 Å². The van der Waals surface area contributed by atoms with Crippen molar-refractivity contribution in [2.24, 2.45) is 5.11 Å². The standard InChI is InChI=1S/C10H17N3O2/c1-9(2)10(5-6-14-9)4-3-8(15-10)7-12-13-11/h8H,3-7H2,1-2H3/t8-,10+/m1/s1. The summed E-state index contributed by atoms with van der Waals surface area (Å²) in [4.78, 5) is 2.76. The van der Waals surface area contributed by atoms with E-state index in [2.05, 4.69) is 23.9 Å². The first kappa shape index (κ1) is 10.7. The van der Waals surface area contributed by atoms with Gasteiger partial charge in [0, 0.05) is 11.3 Å². The Kier molecular flexibility index (Phi) is 2.63. The van der Waals surface area contributed by atoms with E-state index in [4.69, 9.17) is 15.0 Å². The van der Waals surface area contributed by atoms with Crippen molar-refractivity contribution in [3.05, 3.63) is 10.4 Å². The first-order valence-corrected chi connectivity index (χ1v) is 5.42. The molecule has 2 heterocycles. The van der Waals surface area contributed by atoms with Gasteiger partial charge in [-0.3, -0.25) is 0 Å². The predicted molar refractivity (Wildman–Crippen MR) is 55.5 cm³/mol. The molecule has 2 saturated heterocycles. The maximum Gasteiger partial charge on any atom is 0.0991 e. The van der Waals surface area contributed by atoms with E-state index in [0.29, 0.717) is 6.54 Å². The van der Waals surface area contributed by atoms with Crippen molar-refractivity contribution in [3.8, 4) is 0 Å². The van der Waals surface area contributed by atoms with Gasteiger partial charge in [0.15, 0.2) is 0 Å². The SMILES string of the molecule is CC1(C)OCC[C@@]12CC[C@H](CN=[N+]=[N-])O2. The van der Waals surface area contributed by atoms with Crippen LogP contribution in [-0.4, -0.2) is 30.5 Å². The van der Waals surface area contributed by atoms with Crippen LogP contribution >= 0.6 is 0 Å². The summed E-state index contributed by atoms with van der Waals surface area (Å²) in [6.07, 6.45) is 2.99. The van der Waals surface area contributed by atoms with Gasteiger partial charge >= 0.3 is 0 Å². The lowest BCUT2D eigenvalue weighted by Crippen LogP contribution is -2.46. The van der Waals surface area contributed by atoms with Crippen LogP contribution in [0.1, 0.15) is 33.1 Å². The molecule has 0 aromatic rings. The Morgan fingerprint density at radius 2 is 2.27 bits per heavy atom. The molecule has 0 aromatic carbocycles. The van der Waals surface area contributed by atoms with Gasteiger partial charge in [-0.15, -0.1) is 0 Å². The molecule has 5 heteroatoms. The average Bonchev–Trinajstić information content (AvgIpc) is 2.71. The van der Waals surface area contributed by atoms with Crippen LogP contribution in [0.4, 0.5) is 0 Å². The Labute approximate surface area is 89.4 Å². The Balaban J connectivity index is 2.04. The van der Waals surface area contributed by atoms with Gasteiger partial charge in [0.05, 0.1) is 30.5 Å². The summed E-state index contributed by atoms with van der Waals surface area (Å²) < 4.78 is 11.7. The molecular formula is C10H17N3O2. The van der Waals surface area contributed by atoms with E-state index in [9.17, 15) is 0 Å². The number of hydrogen-bond acceptors (Lipinski definition) is 3. The second kappa shape index (κ2) is 3.67. The Hall–Kier alpha value is -0.770. The normalized spacial score (nSPS) is 38.1. The molecule has 0 amide bonds. The largest absolute Gasteiger partial charge is 0.372 e. The molecule has 5 nitrogen and oxygen atoms in total. The van der Waals surface area contributed by atoms with Crippen molar-refractivity contribution in [1.82, 2.24) is 0 Å². The van der Waals surface area contributed by atoms with E-state index in [1.165, 1.54) is 0 Å². The number of ether oxygens (including phenoxy) is 2. The molecule has 2 fully saturated rings. The van der Waals surface area contributed by atoms with Gasteiger partial charge in [-0.1, -0.05) is 5.11 Å². The third-order valence-electron chi connectivity index (χ3n) is 3.68. The molecule has 84 valence electrons. The molecule has 0 N–H and O–H groups in total. The summed E-state index contributed by atoms with van der Waals surface area (Å²) in [5.41, 5.74) is 7.90. The minimum atomic E-state index is -0.210. The van der Waals surface area contributed by atoms with Gasteiger partial charge in [0.2, 0.25) is 0 Å². The molecule has 0 bridgehead atoms. The molecule has 15 heavy (non-hydrogen) atoms. The molecule has 2 aliphatic rings. The number of rotatable bonds is 2. The molecule has 0 saturated carbocycles. The fourth-order valence-electron chi connectivity index (χ4n) is 2.62. The minimum Gasteiger partial charge on any atom is -0.372 e. The van der Waals surface area contributed by atoms with Crippen molar-refractivity contribution in [2.75, 3.05) is 13.2 Å². The highest BCUT2D eigenvalue weighted by Gasteiger charge is 2.55. The van der Waals surface area contributed by atoms with E-state index < -0.39 is 0 Å². The Morgan fingerprint density at radius 1 is 1.47 bits per heavy atom. The van der Waals surface area contributed by atoms with Crippen LogP contribution in [0.2, 0.25) is 0 Å². The number of nitrogens with zero attached hydrogens (tertiary/aromatic N) is 3. The topological polar surface area (TPSA) is 67.2 Å². The molecule has 2 atom stereocenters. The third-order valence-corrected chi connectivity index (χ3v) is 3.68. The Bertz CT molecular complexity index is 299. The molecule has 0 unspecified atom stereocenters. The number of azide groups is 1. The lowest BCUT2D eigenvalue weighted by molar-refractivity contribution is -0.127. The maximum absolute atomic E-state index is 8.26. The van der Waals surface area contributed by atoms with Gasteiger partial charge < -0.3 is 9.47 Å². The van der Waals surface area contributed by atoms with Crippen LogP contribution in [0.5, 0.6) is 0 Å². The molecule has 0 aliphatic carbocycles. The second-order valence-corrected chi connectivity index (χ2v) is 4.80. The van der Waals surface area contributed by atoms with E-state index in [-0.39, 0.29) is 17.3 Å². The van der Waals surface area contributed by atoms with Crippen LogP contribution in [0.15, 0.2) is 5.11 Å². The van der Waals surface area contributed by atoms with Gasteiger partial charge in [-0.25, -0.2) is 0 Å². The van der Waals surface area contributed by atoms with Crippen LogP contribution in [-0.2, 0) is 9.47 Å². The predicted octanol–water partition coefficient (Wildman–Crippen LogP) is 2.41. The quantitative estimate of drug-likeness (QED) is 0.400. The zero-order chi connectivity index (χ0) is 10.9. The summed E-state index contributed by atoms with van der Waals surface area (Å²) in [7, 11) is 0. The summed E-state index contributed by atoms with van der Waals surface area (Å²) in [6, 6.07) is 0. The van der Waals surface area contributed by atoms with E-state index in [1.807, 2.05) is 0 Å². The summed E-state index contributed by atoms with van der Waals surface area (Å²) in [5.74, 6) is 0. The lowest BCUT2D eigenvalue weighted by atomic mass is 9.83. The average molecular weight is 211 g/mol. The van der Waals surface area contributed by atoms with E-state index >= 15 is 0 Å². The highest BCUT2D eigenvalue weighted by molar-refractivity contribution is 5.05. The summed E-state index contributed by atoms with van der Waals surface area (Å²) >= 11 is 0. The molecule has 1 spiro atoms. The van der Waals surface area contributed by atoms with E-state index in [0.717, 1.165) is 25.9 Å². The van der Waals surface area contributed by atoms with Crippen LogP contribution in [0, 0.1) is 0 Å². The zero-order valence-corrected chi connectivity index (χ0v) is 9.27. The van der Waals surface area contributed by atoms with Crippen molar-refractivity contribution < 1.29 is 9.47 Å². The highest BCUT2D eigenvalue weighted by atomic mass is 16.6. The third kappa shape index (κ3) is 1.71. The van der Waals surface area contributed by atoms with Crippen LogP contribution < -0.4 is 0 Å². The smallest absolute Gasteiger partial charge is 0.0991 e. The van der Waals surface area contributed by atoms with Crippen molar-refractivity contribution in [1.29, 1.82) is 0 Å². The highest BCUT2D eigenvalue weighted by Crippen LogP contribution is 2.47. The zero-order valence-electron chi connectivity index (χ0n) is 9.27. The molecule has 2 rings (SSSR count). The van der Waals surface area contributed by atoms with Crippen molar-refractivity contribution in [2.45, 2.75) is 50.4 Å². The van der Waals surface area contributed by atoms with Crippen LogP contribution in [0.25, 0.3) is 10.4 Å². The van der Waals surface area contributed by atoms with Gasteiger partial charge in [-0.05, 0) is 32.2 Å². The minimum absolute atomic E-state index is 0.0712.